The molecule has 0 heterocycles. The molecule has 76 valence electrons. The summed E-state index contributed by atoms with van der Waals surface area (Å²) < 4.78 is 0. The zero-order chi connectivity index (χ0) is 10.1. The molecular weight excluding hydrogens is 256 g/mol. The Morgan fingerprint density at radius 2 is 1.86 bits per heavy atom. The van der Waals surface area contributed by atoms with Gasteiger partial charge in [0, 0.05) is 15.0 Å². The van der Waals surface area contributed by atoms with Gasteiger partial charge in [-0.3, -0.25) is 0 Å². The summed E-state index contributed by atoms with van der Waals surface area (Å²) in [7, 11) is 0. The van der Waals surface area contributed by atoms with E-state index in [1.807, 2.05) is 11.8 Å². The molecular formula is C12H15BrS. The van der Waals surface area contributed by atoms with E-state index in [1.54, 1.807) is 0 Å². The molecule has 0 bridgehead atoms. The maximum absolute atomic E-state index is 3.64. The van der Waals surface area contributed by atoms with Crippen LogP contribution in [0.2, 0.25) is 0 Å². The number of thioether (sulfide) groups is 1. The van der Waals surface area contributed by atoms with Gasteiger partial charge in [-0.2, -0.15) is 0 Å². The van der Waals surface area contributed by atoms with Crippen LogP contribution in [-0.4, -0.2) is 10.1 Å². The third-order valence-corrected chi connectivity index (χ3v) is 4.42. The topological polar surface area (TPSA) is 0 Å². The lowest BCUT2D eigenvalue weighted by atomic mass is 10.1. The van der Waals surface area contributed by atoms with E-state index in [2.05, 4.69) is 54.0 Å². The van der Waals surface area contributed by atoms with Crippen molar-refractivity contribution in [3.05, 3.63) is 29.8 Å². The lowest BCUT2D eigenvalue weighted by Gasteiger charge is -2.05. The summed E-state index contributed by atoms with van der Waals surface area (Å²) in [6.45, 7) is 4.46. The van der Waals surface area contributed by atoms with Crippen molar-refractivity contribution in [1.82, 2.24) is 0 Å². The Labute approximate surface area is 98.6 Å². The monoisotopic (exact) mass is 270 g/mol. The zero-order valence-electron chi connectivity index (χ0n) is 8.53. The van der Waals surface area contributed by atoms with E-state index in [4.69, 9.17) is 0 Å². The number of hydrogen-bond donors (Lipinski definition) is 0. The third kappa shape index (κ3) is 2.54. The largest absolute Gasteiger partial charge is 0.123 e. The fourth-order valence-electron chi connectivity index (χ4n) is 1.57. The van der Waals surface area contributed by atoms with Gasteiger partial charge in [-0.05, 0) is 30.0 Å². The highest BCUT2D eigenvalue weighted by molar-refractivity contribution is 9.09. The van der Waals surface area contributed by atoms with Crippen molar-refractivity contribution in [2.24, 2.45) is 0 Å². The van der Waals surface area contributed by atoms with Crippen molar-refractivity contribution in [2.45, 2.75) is 41.2 Å². The van der Waals surface area contributed by atoms with E-state index in [9.17, 15) is 0 Å². The van der Waals surface area contributed by atoms with Crippen LogP contribution in [0, 0.1) is 0 Å². The van der Waals surface area contributed by atoms with E-state index in [0.29, 0.717) is 5.25 Å². The van der Waals surface area contributed by atoms with Crippen LogP contribution in [0.3, 0.4) is 0 Å². The summed E-state index contributed by atoms with van der Waals surface area (Å²) >= 11 is 5.57. The van der Waals surface area contributed by atoms with Crippen LogP contribution in [0.1, 0.15) is 31.7 Å². The minimum absolute atomic E-state index is 0.672. The van der Waals surface area contributed by atoms with Crippen molar-refractivity contribution >= 4 is 27.7 Å². The molecule has 2 heteroatoms. The molecule has 0 aromatic heterocycles. The first-order chi connectivity index (χ1) is 6.66. The molecule has 14 heavy (non-hydrogen) atoms. The van der Waals surface area contributed by atoms with Gasteiger partial charge in [-0.15, -0.1) is 11.8 Å². The lowest BCUT2D eigenvalue weighted by Crippen LogP contribution is -1.86. The third-order valence-electron chi connectivity index (χ3n) is 2.39. The van der Waals surface area contributed by atoms with E-state index in [1.165, 1.54) is 16.9 Å². The van der Waals surface area contributed by atoms with Gasteiger partial charge in [0.05, 0.1) is 0 Å². The molecule has 0 N–H and O–H groups in total. The minimum Gasteiger partial charge on any atom is -0.123 e. The van der Waals surface area contributed by atoms with Gasteiger partial charge in [0.15, 0.2) is 0 Å². The highest BCUT2D eigenvalue weighted by atomic mass is 79.9. The van der Waals surface area contributed by atoms with Gasteiger partial charge in [-0.1, -0.05) is 41.9 Å². The molecule has 1 aliphatic carbocycles. The Bertz CT molecular complexity index is 305. The van der Waals surface area contributed by atoms with Crippen LogP contribution >= 0.6 is 27.7 Å². The molecule has 2 unspecified atom stereocenters. The summed E-state index contributed by atoms with van der Waals surface area (Å²) in [5.41, 5.74) is 1.49. The number of hydrogen-bond acceptors (Lipinski definition) is 1. The first-order valence-corrected chi connectivity index (χ1v) is 6.87. The van der Waals surface area contributed by atoms with Gasteiger partial charge < -0.3 is 0 Å². The molecule has 0 amide bonds. The van der Waals surface area contributed by atoms with Crippen LogP contribution in [-0.2, 0) is 0 Å². The highest BCUT2D eigenvalue weighted by Crippen LogP contribution is 2.46. The molecule has 0 saturated heterocycles. The molecule has 1 fully saturated rings. The maximum Gasteiger partial charge on any atom is 0.0221 e. The van der Waals surface area contributed by atoms with Crippen molar-refractivity contribution in [3.63, 3.8) is 0 Å². The predicted molar refractivity (Wildman–Crippen MR) is 67.5 cm³/mol. The van der Waals surface area contributed by atoms with E-state index < -0.39 is 0 Å². The predicted octanol–water partition coefficient (Wildman–Crippen LogP) is 4.44. The fraction of sp³-hybridized carbons (Fsp3) is 0.500. The average Bonchev–Trinajstić information content (AvgIpc) is 2.83. The van der Waals surface area contributed by atoms with E-state index in [0.717, 1.165) is 10.7 Å². The van der Waals surface area contributed by atoms with Crippen molar-refractivity contribution in [1.29, 1.82) is 0 Å². The quantitative estimate of drug-likeness (QED) is 0.578. The average molecular weight is 271 g/mol. The van der Waals surface area contributed by atoms with Crippen LogP contribution in [0.15, 0.2) is 29.2 Å². The summed E-state index contributed by atoms with van der Waals surface area (Å²) in [6.07, 6.45) is 1.30. The molecule has 1 saturated carbocycles. The molecule has 0 radical (unpaired) electrons. The number of rotatable bonds is 3. The zero-order valence-corrected chi connectivity index (χ0v) is 10.9. The Morgan fingerprint density at radius 1 is 1.29 bits per heavy atom. The second-order valence-electron chi connectivity index (χ2n) is 4.09. The summed E-state index contributed by atoms with van der Waals surface area (Å²) in [4.78, 5) is 2.11. The number of halogens is 1. The Balaban J connectivity index is 2.03. The second kappa shape index (κ2) is 4.28. The van der Waals surface area contributed by atoms with Crippen LogP contribution in [0.25, 0.3) is 0 Å². The molecule has 2 atom stereocenters. The van der Waals surface area contributed by atoms with Gasteiger partial charge in [0.25, 0.3) is 0 Å². The highest BCUT2D eigenvalue weighted by Gasteiger charge is 2.35. The SMILES string of the molecule is CC(C)Sc1ccc(C2CC2Br)cc1. The molecule has 1 aromatic carbocycles. The first-order valence-electron chi connectivity index (χ1n) is 5.07. The van der Waals surface area contributed by atoms with E-state index in [-0.39, 0.29) is 0 Å². The van der Waals surface area contributed by atoms with Gasteiger partial charge in [0.1, 0.15) is 0 Å². The van der Waals surface area contributed by atoms with Crippen LogP contribution < -0.4 is 0 Å². The Hall–Kier alpha value is 0.0500. The summed E-state index contributed by atoms with van der Waals surface area (Å²) in [5.74, 6) is 0.771. The van der Waals surface area contributed by atoms with Crippen LogP contribution in [0.4, 0.5) is 0 Å². The molecule has 1 aromatic rings. The molecule has 0 spiro atoms. The lowest BCUT2D eigenvalue weighted by molar-refractivity contribution is 1.10. The fourth-order valence-corrected chi connectivity index (χ4v) is 3.12. The Morgan fingerprint density at radius 3 is 2.29 bits per heavy atom. The standard InChI is InChI=1S/C12H15BrS/c1-8(2)14-10-5-3-9(4-6-10)11-7-12(11)13/h3-6,8,11-12H,7H2,1-2H3. The van der Waals surface area contributed by atoms with Gasteiger partial charge >= 0.3 is 0 Å². The summed E-state index contributed by atoms with van der Waals surface area (Å²) in [5, 5.41) is 0.672. The van der Waals surface area contributed by atoms with Crippen molar-refractivity contribution in [3.8, 4) is 0 Å². The Kier molecular flexibility index (Phi) is 3.23. The first kappa shape index (κ1) is 10.6. The van der Waals surface area contributed by atoms with E-state index >= 15 is 0 Å². The van der Waals surface area contributed by atoms with Gasteiger partial charge in [0.2, 0.25) is 0 Å². The molecule has 1 aliphatic rings. The molecule has 0 nitrogen and oxygen atoms in total. The summed E-state index contributed by atoms with van der Waals surface area (Å²) in [6, 6.07) is 9.05. The van der Waals surface area contributed by atoms with Crippen molar-refractivity contribution in [2.75, 3.05) is 0 Å². The molecule has 0 aliphatic heterocycles. The number of benzene rings is 1. The van der Waals surface area contributed by atoms with Crippen LogP contribution in [0.5, 0.6) is 0 Å². The second-order valence-corrected chi connectivity index (χ2v) is 6.92. The van der Waals surface area contributed by atoms with Gasteiger partial charge in [-0.25, -0.2) is 0 Å². The number of alkyl halides is 1. The maximum atomic E-state index is 3.64. The smallest absolute Gasteiger partial charge is 0.0221 e. The normalized spacial score (nSPS) is 25.4. The minimum atomic E-state index is 0.672. The van der Waals surface area contributed by atoms with Crippen molar-refractivity contribution < 1.29 is 0 Å². The molecule has 2 rings (SSSR count).